The minimum atomic E-state index is -1.53. The highest BCUT2D eigenvalue weighted by Crippen LogP contribution is 2.27. The van der Waals surface area contributed by atoms with Crippen LogP contribution in [-0.4, -0.2) is 24.1 Å². The number of benzene rings is 1. The maximum absolute atomic E-state index is 12.3. The SMILES string of the molecule is CCOC(=O)C(C(C)=O)C(=O)c1c(Cl)cccc1Cl. The zero-order valence-electron chi connectivity index (χ0n) is 10.4. The third kappa shape index (κ3) is 3.55. The smallest absolute Gasteiger partial charge is 0.324 e. The number of halogens is 2. The lowest BCUT2D eigenvalue weighted by Gasteiger charge is -2.13. The number of ether oxygens (including phenoxy) is 1. The Bertz CT molecular complexity index is 505. The number of carbonyl (C=O) groups is 3. The lowest BCUT2D eigenvalue weighted by Crippen LogP contribution is -2.32. The summed E-state index contributed by atoms with van der Waals surface area (Å²) in [6, 6.07) is 4.49. The Morgan fingerprint density at radius 1 is 1.21 bits per heavy atom. The molecule has 1 rings (SSSR count). The van der Waals surface area contributed by atoms with Gasteiger partial charge in [0.25, 0.3) is 0 Å². The van der Waals surface area contributed by atoms with Gasteiger partial charge in [-0.2, -0.15) is 0 Å². The summed E-state index contributed by atoms with van der Waals surface area (Å²) in [5, 5.41) is 0.182. The Morgan fingerprint density at radius 3 is 2.16 bits per heavy atom. The van der Waals surface area contributed by atoms with E-state index in [1.54, 1.807) is 13.0 Å². The van der Waals surface area contributed by atoms with Crippen molar-refractivity contribution >= 4 is 40.7 Å². The predicted molar refractivity (Wildman–Crippen MR) is 71.6 cm³/mol. The molecule has 6 heteroatoms. The van der Waals surface area contributed by atoms with Crippen LogP contribution in [0.25, 0.3) is 0 Å². The van der Waals surface area contributed by atoms with Crippen LogP contribution in [0.15, 0.2) is 18.2 Å². The fourth-order valence-electron chi connectivity index (χ4n) is 1.56. The van der Waals surface area contributed by atoms with Crippen LogP contribution in [0.3, 0.4) is 0 Å². The zero-order valence-corrected chi connectivity index (χ0v) is 11.9. The summed E-state index contributed by atoms with van der Waals surface area (Å²) < 4.78 is 4.72. The van der Waals surface area contributed by atoms with Gasteiger partial charge in [0.1, 0.15) is 0 Å². The lowest BCUT2D eigenvalue weighted by molar-refractivity contribution is -0.148. The second-order valence-corrected chi connectivity index (χ2v) is 4.57. The highest BCUT2D eigenvalue weighted by atomic mass is 35.5. The molecule has 0 aromatic heterocycles. The van der Waals surface area contributed by atoms with Crippen LogP contribution < -0.4 is 0 Å². The number of hydrogen-bond acceptors (Lipinski definition) is 4. The molecule has 4 nitrogen and oxygen atoms in total. The molecule has 0 aliphatic carbocycles. The quantitative estimate of drug-likeness (QED) is 0.477. The van der Waals surface area contributed by atoms with Crippen LogP contribution in [0, 0.1) is 5.92 Å². The summed E-state index contributed by atoms with van der Waals surface area (Å²) in [5.74, 6) is -3.78. The Morgan fingerprint density at radius 2 is 1.74 bits per heavy atom. The van der Waals surface area contributed by atoms with Gasteiger partial charge in [0.2, 0.25) is 0 Å². The van der Waals surface area contributed by atoms with Crippen molar-refractivity contribution in [3.63, 3.8) is 0 Å². The second-order valence-electron chi connectivity index (χ2n) is 3.76. The second kappa shape index (κ2) is 6.68. The van der Waals surface area contributed by atoms with E-state index in [9.17, 15) is 14.4 Å². The summed E-state index contributed by atoms with van der Waals surface area (Å²) in [7, 11) is 0. The molecule has 1 aromatic carbocycles. The Labute approximate surface area is 120 Å². The van der Waals surface area contributed by atoms with E-state index >= 15 is 0 Å². The van der Waals surface area contributed by atoms with Crippen molar-refractivity contribution in [1.29, 1.82) is 0 Å². The Balaban J connectivity index is 3.21. The normalized spacial score (nSPS) is 11.8. The number of esters is 1. The van der Waals surface area contributed by atoms with Gasteiger partial charge in [-0.05, 0) is 26.0 Å². The van der Waals surface area contributed by atoms with Gasteiger partial charge in [-0.15, -0.1) is 0 Å². The molecule has 0 amide bonds. The molecular formula is C13H12Cl2O4. The largest absolute Gasteiger partial charge is 0.465 e. The van der Waals surface area contributed by atoms with Crippen molar-refractivity contribution in [2.45, 2.75) is 13.8 Å². The topological polar surface area (TPSA) is 60.4 Å². The molecule has 0 saturated carbocycles. The van der Waals surface area contributed by atoms with Crippen LogP contribution in [-0.2, 0) is 14.3 Å². The van der Waals surface area contributed by atoms with E-state index in [1.807, 2.05) is 0 Å². The minimum Gasteiger partial charge on any atom is -0.465 e. The van der Waals surface area contributed by atoms with Crippen molar-refractivity contribution in [2.75, 3.05) is 6.61 Å². The van der Waals surface area contributed by atoms with Gasteiger partial charge in [-0.1, -0.05) is 29.3 Å². The summed E-state index contributed by atoms with van der Waals surface area (Å²) in [6.07, 6.45) is 0. The van der Waals surface area contributed by atoms with E-state index in [0.29, 0.717) is 0 Å². The number of ketones is 2. The van der Waals surface area contributed by atoms with Gasteiger partial charge >= 0.3 is 5.97 Å². The molecule has 1 aromatic rings. The molecule has 102 valence electrons. The zero-order chi connectivity index (χ0) is 14.6. The average molecular weight is 303 g/mol. The van der Waals surface area contributed by atoms with Crippen LogP contribution >= 0.6 is 23.2 Å². The molecule has 0 aliphatic rings. The molecule has 0 saturated heterocycles. The van der Waals surface area contributed by atoms with E-state index in [0.717, 1.165) is 6.92 Å². The molecule has 19 heavy (non-hydrogen) atoms. The molecule has 1 unspecified atom stereocenters. The van der Waals surface area contributed by atoms with Crippen molar-refractivity contribution in [3.8, 4) is 0 Å². The van der Waals surface area contributed by atoms with Gasteiger partial charge in [0, 0.05) is 0 Å². The van der Waals surface area contributed by atoms with Gasteiger partial charge in [-0.25, -0.2) is 0 Å². The number of hydrogen-bond donors (Lipinski definition) is 0. The van der Waals surface area contributed by atoms with Crippen LogP contribution in [0.5, 0.6) is 0 Å². The van der Waals surface area contributed by atoms with Crippen molar-refractivity contribution in [1.82, 2.24) is 0 Å². The molecule has 0 aliphatic heterocycles. The number of rotatable bonds is 5. The van der Waals surface area contributed by atoms with Crippen molar-refractivity contribution < 1.29 is 19.1 Å². The van der Waals surface area contributed by atoms with Crippen LogP contribution in [0.4, 0.5) is 0 Å². The first-order chi connectivity index (χ1) is 8.90. The highest BCUT2D eigenvalue weighted by Gasteiger charge is 2.35. The third-order valence-electron chi connectivity index (χ3n) is 2.40. The lowest BCUT2D eigenvalue weighted by atomic mass is 9.94. The van der Waals surface area contributed by atoms with Crippen LogP contribution in [0.1, 0.15) is 24.2 Å². The van der Waals surface area contributed by atoms with E-state index in [-0.39, 0.29) is 22.2 Å². The number of carbonyl (C=O) groups excluding carboxylic acids is 3. The third-order valence-corrected chi connectivity index (χ3v) is 3.03. The molecule has 0 heterocycles. The highest BCUT2D eigenvalue weighted by molar-refractivity contribution is 6.41. The van der Waals surface area contributed by atoms with Crippen LogP contribution in [0.2, 0.25) is 10.0 Å². The molecule has 0 fully saturated rings. The minimum absolute atomic E-state index is 0.0425. The molecular weight excluding hydrogens is 291 g/mol. The average Bonchev–Trinajstić information content (AvgIpc) is 2.28. The standard InChI is InChI=1S/C13H12Cl2O4/c1-3-19-13(18)10(7(2)16)12(17)11-8(14)5-4-6-9(11)15/h4-6,10H,3H2,1-2H3. The Hall–Kier alpha value is -1.39. The van der Waals surface area contributed by atoms with E-state index in [2.05, 4.69) is 0 Å². The summed E-state index contributed by atoms with van der Waals surface area (Å²) in [5.41, 5.74) is -0.0425. The Kier molecular flexibility index (Phi) is 5.51. The van der Waals surface area contributed by atoms with E-state index in [4.69, 9.17) is 27.9 Å². The fraction of sp³-hybridized carbons (Fsp3) is 0.308. The molecule has 0 N–H and O–H groups in total. The molecule has 0 spiro atoms. The van der Waals surface area contributed by atoms with Gasteiger partial charge in [0.05, 0.1) is 22.2 Å². The monoisotopic (exact) mass is 302 g/mol. The fourth-order valence-corrected chi connectivity index (χ4v) is 2.14. The first-order valence-electron chi connectivity index (χ1n) is 5.55. The first kappa shape index (κ1) is 15.7. The maximum atomic E-state index is 12.3. The maximum Gasteiger partial charge on any atom is 0.324 e. The molecule has 0 radical (unpaired) electrons. The van der Waals surface area contributed by atoms with Crippen molar-refractivity contribution in [3.05, 3.63) is 33.8 Å². The van der Waals surface area contributed by atoms with E-state index in [1.165, 1.54) is 12.1 Å². The summed E-state index contributed by atoms with van der Waals surface area (Å²) in [4.78, 5) is 35.4. The number of Topliss-reactive ketones (excluding diaryl/α,β-unsaturated/α-hetero) is 2. The van der Waals surface area contributed by atoms with Gasteiger partial charge in [0.15, 0.2) is 17.5 Å². The summed E-state index contributed by atoms with van der Waals surface area (Å²) in [6.45, 7) is 2.80. The van der Waals surface area contributed by atoms with E-state index < -0.39 is 23.5 Å². The molecule has 1 atom stereocenters. The molecule has 0 bridgehead atoms. The van der Waals surface area contributed by atoms with Gasteiger partial charge in [-0.3, -0.25) is 14.4 Å². The van der Waals surface area contributed by atoms with Crippen molar-refractivity contribution in [2.24, 2.45) is 5.92 Å². The van der Waals surface area contributed by atoms with Gasteiger partial charge < -0.3 is 4.74 Å². The predicted octanol–water partition coefficient (Wildman–Crippen LogP) is 2.94. The summed E-state index contributed by atoms with van der Waals surface area (Å²) >= 11 is 11.8. The first-order valence-corrected chi connectivity index (χ1v) is 6.31.